The number of aryl methyl sites for hydroxylation is 2. The van der Waals surface area contributed by atoms with Crippen molar-refractivity contribution in [3.8, 4) is 22.9 Å². The minimum Gasteiger partial charge on any atom is -0.383 e. The van der Waals surface area contributed by atoms with Crippen LogP contribution in [0.3, 0.4) is 0 Å². The van der Waals surface area contributed by atoms with Gasteiger partial charge in [0.2, 0.25) is 0 Å². The van der Waals surface area contributed by atoms with Gasteiger partial charge in [-0.1, -0.05) is 11.6 Å². The lowest BCUT2D eigenvalue weighted by Gasteiger charge is -2.26. The predicted octanol–water partition coefficient (Wildman–Crippen LogP) is 2.51. The number of fused-ring (bicyclic) bond motifs is 1. The average molecular weight is 344 g/mol. The van der Waals surface area contributed by atoms with E-state index in [0.29, 0.717) is 12.0 Å². The van der Waals surface area contributed by atoms with E-state index >= 15 is 0 Å². The highest BCUT2D eigenvalue weighted by atomic mass is 15.3. The molecule has 0 spiro atoms. The number of nitrogens with zero attached hydrogens (tertiary/aromatic N) is 4. The summed E-state index contributed by atoms with van der Waals surface area (Å²) in [6.07, 6.45) is 5.98. The van der Waals surface area contributed by atoms with E-state index in [1.165, 1.54) is 0 Å². The van der Waals surface area contributed by atoms with E-state index in [0.717, 1.165) is 46.5 Å². The van der Waals surface area contributed by atoms with E-state index in [9.17, 15) is 5.26 Å². The van der Waals surface area contributed by atoms with Gasteiger partial charge in [0.15, 0.2) is 0 Å². The molecule has 1 aliphatic carbocycles. The summed E-state index contributed by atoms with van der Waals surface area (Å²) in [5, 5.41) is 14.2. The minimum absolute atomic E-state index is 0.0659. The number of hydrogen-bond donors (Lipinski definition) is 2. The zero-order valence-electron chi connectivity index (χ0n) is 14.6. The molecule has 0 fully saturated rings. The largest absolute Gasteiger partial charge is 0.383 e. The summed E-state index contributed by atoms with van der Waals surface area (Å²) in [7, 11) is 0. The summed E-state index contributed by atoms with van der Waals surface area (Å²) in [5.41, 5.74) is 18.6. The van der Waals surface area contributed by atoms with Crippen molar-refractivity contribution in [3.63, 3.8) is 0 Å². The third kappa shape index (κ3) is 2.63. The Hall–Kier alpha value is -3.17. The van der Waals surface area contributed by atoms with Gasteiger partial charge < -0.3 is 11.5 Å². The summed E-state index contributed by atoms with van der Waals surface area (Å²) in [6, 6.07) is 10.3. The van der Waals surface area contributed by atoms with E-state index in [1.807, 2.05) is 36.0 Å². The minimum atomic E-state index is 0.0659. The lowest BCUT2D eigenvalue weighted by atomic mass is 9.84. The first-order valence-corrected chi connectivity index (χ1v) is 8.66. The fraction of sp³-hybridized carbons (Fsp3) is 0.250. The Morgan fingerprint density at radius 3 is 2.92 bits per heavy atom. The summed E-state index contributed by atoms with van der Waals surface area (Å²) in [5.74, 6) is 0.282. The number of anilines is 1. The number of pyridine rings is 1. The van der Waals surface area contributed by atoms with Gasteiger partial charge in [-0.25, -0.2) is 9.67 Å². The molecule has 0 unspecified atom stereocenters. The monoisotopic (exact) mass is 344 g/mol. The van der Waals surface area contributed by atoms with Gasteiger partial charge in [0, 0.05) is 35.3 Å². The predicted molar refractivity (Wildman–Crippen MR) is 101 cm³/mol. The zero-order chi connectivity index (χ0) is 18.3. The standard InChI is InChI=1S/C20H20N6/c1-12-3-6-18(26-8-2-7-24-26)15(9-12)19-14-10-13(22)4-5-17(14)25-20(23)16(19)11-21/h2-3,6-9,13H,4-5,10,22H2,1H3,(H2,23,25)/t13-/m1/s1. The molecule has 2 aromatic heterocycles. The molecule has 1 aromatic carbocycles. The highest BCUT2D eigenvalue weighted by molar-refractivity contribution is 5.84. The first-order valence-electron chi connectivity index (χ1n) is 8.66. The van der Waals surface area contributed by atoms with Gasteiger partial charge in [0.1, 0.15) is 17.5 Å². The summed E-state index contributed by atoms with van der Waals surface area (Å²) in [6.45, 7) is 2.03. The van der Waals surface area contributed by atoms with Gasteiger partial charge in [-0.2, -0.15) is 10.4 Å². The summed E-state index contributed by atoms with van der Waals surface area (Å²) < 4.78 is 1.81. The maximum atomic E-state index is 9.80. The maximum Gasteiger partial charge on any atom is 0.142 e. The quantitative estimate of drug-likeness (QED) is 0.743. The number of nitrogen functional groups attached to an aromatic ring is 1. The normalized spacial score (nSPS) is 16.1. The van der Waals surface area contributed by atoms with Crippen LogP contribution < -0.4 is 11.5 Å². The molecule has 4 N–H and O–H groups in total. The van der Waals surface area contributed by atoms with Crippen LogP contribution in [0.15, 0.2) is 36.7 Å². The third-order valence-electron chi connectivity index (χ3n) is 4.91. The number of benzene rings is 1. The van der Waals surface area contributed by atoms with Gasteiger partial charge in [-0.3, -0.25) is 0 Å². The van der Waals surface area contributed by atoms with Crippen LogP contribution in [0.1, 0.15) is 28.8 Å². The molecule has 0 radical (unpaired) electrons. The van der Waals surface area contributed by atoms with Crippen molar-refractivity contribution in [1.82, 2.24) is 14.8 Å². The van der Waals surface area contributed by atoms with Gasteiger partial charge >= 0.3 is 0 Å². The van der Waals surface area contributed by atoms with Crippen molar-refractivity contribution < 1.29 is 0 Å². The van der Waals surface area contributed by atoms with Crippen LogP contribution in [0.25, 0.3) is 16.8 Å². The number of nitriles is 1. The van der Waals surface area contributed by atoms with Crippen LogP contribution in [0.4, 0.5) is 5.82 Å². The topological polar surface area (TPSA) is 107 Å². The van der Waals surface area contributed by atoms with Gasteiger partial charge in [0.25, 0.3) is 0 Å². The Labute approximate surface area is 152 Å². The highest BCUT2D eigenvalue weighted by Gasteiger charge is 2.26. The summed E-state index contributed by atoms with van der Waals surface area (Å²) >= 11 is 0. The number of nitrogens with two attached hydrogens (primary N) is 2. The Morgan fingerprint density at radius 1 is 1.35 bits per heavy atom. The second-order valence-electron chi connectivity index (χ2n) is 6.76. The van der Waals surface area contributed by atoms with Crippen molar-refractivity contribution in [2.45, 2.75) is 32.2 Å². The first kappa shape index (κ1) is 16.3. The van der Waals surface area contributed by atoms with Crippen LogP contribution in [-0.2, 0) is 12.8 Å². The second kappa shape index (κ2) is 6.28. The van der Waals surface area contributed by atoms with Gasteiger partial charge in [-0.15, -0.1) is 0 Å². The van der Waals surface area contributed by atoms with Gasteiger partial charge in [0.05, 0.1) is 5.69 Å². The first-order chi connectivity index (χ1) is 12.6. The number of aromatic nitrogens is 3. The van der Waals surface area contributed by atoms with Crippen molar-refractivity contribution in [2.75, 3.05) is 5.73 Å². The smallest absolute Gasteiger partial charge is 0.142 e. The molecule has 4 rings (SSSR count). The Morgan fingerprint density at radius 2 is 2.19 bits per heavy atom. The fourth-order valence-corrected chi connectivity index (χ4v) is 3.68. The van der Waals surface area contributed by atoms with Crippen molar-refractivity contribution in [3.05, 3.63) is 59.0 Å². The Bertz CT molecular complexity index is 1010. The molecule has 0 bridgehead atoms. The number of hydrogen-bond acceptors (Lipinski definition) is 5. The molecule has 1 atom stereocenters. The van der Waals surface area contributed by atoms with E-state index in [-0.39, 0.29) is 11.9 Å². The molecular weight excluding hydrogens is 324 g/mol. The number of rotatable bonds is 2. The molecule has 3 aromatic rings. The van der Waals surface area contributed by atoms with Crippen LogP contribution in [0.5, 0.6) is 0 Å². The molecule has 1 aliphatic rings. The highest BCUT2D eigenvalue weighted by Crippen LogP contribution is 2.38. The lowest BCUT2D eigenvalue weighted by molar-refractivity contribution is 0.568. The van der Waals surface area contributed by atoms with Crippen molar-refractivity contribution in [2.24, 2.45) is 5.73 Å². The Balaban J connectivity index is 2.07. The van der Waals surface area contributed by atoms with E-state index in [1.54, 1.807) is 6.20 Å². The van der Waals surface area contributed by atoms with E-state index in [2.05, 4.69) is 22.2 Å². The molecule has 0 saturated carbocycles. The van der Waals surface area contributed by atoms with E-state index < -0.39 is 0 Å². The molecule has 6 heteroatoms. The molecule has 0 saturated heterocycles. The molecule has 0 amide bonds. The lowest BCUT2D eigenvalue weighted by Crippen LogP contribution is -2.29. The molecular formula is C20H20N6. The van der Waals surface area contributed by atoms with Crippen molar-refractivity contribution >= 4 is 5.82 Å². The fourth-order valence-electron chi connectivity index (χ4n) is 3.68. The molecule has 0 aliphatic heterocycles. The molecule has 130 valence electrons. The van der Waals surface area contributed by atoms with Crippen LogP contribution >= 0.6 is 0 Å². The molecule has 26 heavy (non-hydrogen) atoms. The van der Waals surface area contributed by atoms with Crippen LogP contribution in [0, 0.1) is 18.3 Å². The maximum absolute atomic E-state index is 9.80. The van der Waals surface area contributed by atoms with Crippen LogP contribution in [0.2, 0.25) is 0 Å². The average Bonchev–Trinajstić information content (AvgIpc) is 3.15. The van der Waals surface area contributed by atoms with Crippen LogP contribution in [-0.4, -0.2) is 20.8 Å². The molecule has 6 nitrogen and oxygen atoms in total. The van der Waals surface area contributed by atoms with Crippen molar-refractivity contribution in [1.29, 1.82) is 5.26 Å². The third-order valence-corrected chi connectivity index (χ3v) is 4.91. The second-order valence-corrected chi connectivity index (χ2v) is 6.76. The molecule has 2 heterocycles. The zero-order valence-corrected chi connectivity index (χ0v) is 14.6. The Kier molecular flexibility index (Phi) is 3.94. The summed E-state index contributed by atoms with van der Waals surface area (Å²) in [4.78, 5) is 4.50. The van der Waals surface area contributed by atoms with Gasteiger partial charge in [-0.05, 0) is 49.9 Å². The SMILES string of the molecule is Cc1ccc(-n2cccn2)c(-c2c(C#N)c(N)nc3c2C[C@H](N)CC3)c1. The van der Waals surface area contributed by atoms with E-state index in [4.69, 9.17) is 11.5 Å².